The number of nitrogens with zero attached hydrogens (tertiary/aromatic N) is 1. The standard InChI is InChI=1S/C15H17NO2/c1-3-4-5-12-10-14(17)16(15(12)18)13-8-6-11(2)7-9-13/h5-9H,3-4,10H2,1-2H3/b12-5+. The lowest BCUT2D eigenvalue weighted by molar-refractivity contribution is -0.120. The van der Waals surface area contributed by atoms with Gasteiger partial charge in [-0.1, -0.05) is 37.1 Å². The number of allylic oxidation sites excluding steroid dienone is 1. The topological polar surface area (TPSA) is 37.4 Å². The SMILES string of the molecule is CCC/C=C1\CC(=O)N(c2ccc(C)cc2)C1=O. The first-order chi connectivity index (χ1) is 8.63. The van der Waals surface area contributed by atoms with Crippen LogP contribution in [0.1, 0.15) is 31.7 Å². The molecule has 0 aromatic heterocycles. The van der Waals surface area contributed by atoms with Crippen LogP contribution in [0.3, 0.4) is 0 Å². The average Bonchev–Trinajstić information content (AvgIpc) is 2.63. The molecule has 1 aliphatic rings. The number of amides is 2. The van der Waals surface area contributed by atoms with Crippen LogP contribution in [0.2, 0.25) is 0 Å². The molecule has 0 spiro atoms. The molecule has 2 amide bonds. The molecule has 0 atom stereocenters. The fourth-order valence-corrected chi connectivity index (χ4v) is 2.01. The van der Waals surface area contributed by atoms with E-state index >= 15 is 0 Å². The smallest absolute Gasteiger partial charge is 0.261 e. The predicted octanol–water partition coefficient (Wildman–Crippen LogP) is 2.98. The summed E-state index contributed by atoms with van der Waals surface area (Å²) in [5, 5.41) is 0. The number of rotatable bonds is 3. The molecule has 3 heteroatoms. The highest BCUT2D eigenvalue weighted by Gasteiger charge is 2.34. The summed E-state index contributed by atoms with van der Waals surface area (Å²) in [5.41, 5.74) is 2.40. The van der Waals surface area contributed by atoms with E-state index < -0.39 is 0 Å². The lowest BCUT2D eigenvalue weighted by Crippen LogP contribution is -2.28. The van der Waals surface area contributed by atoms with Gasteiger partial charge in [-0.05, 0) is 25.5 Å². The van der Waals surface area contributed by atoms with Crippen molar-refractivity contribution in [3.05, 3.63) is 41.5 Å². The van der Waals surface area contributed by atoms with Gasteiger partial charge in [-0.3, -0.25) is 9.59 Å². The summed E-state index contributed by atoms with van der Waals surface area (Å²) >= 11 is 0. The molecule has 1 fully saturated rings. The summed E-state index contributed by atoms with van der Waals surface area (Å²) in [4.78, 5) is 25.3. The molecule has 3 nitrogen and oxygen atoms in total. The Morgan fingerprint density at radius 3 is 2.50 bits per heavy atom. The highest BCUT2D eigenvalue weighted by molar-refractivity contribution is 6.28. The highest BCUT2D eigenvalue weighted by Crippen LogP contribution is 2.26. The Morgan fingerprint density at radius 2 is 1.89 bits per heavy atom. The molecule has 0 saturated carbocycles. The van der Waals surface area contributed by atoms with Crippen molar-refractivity contribution in [2.24, 2.45) is 0 Å². The van der Waals surface area contributed by atoms with Gasteiger partial charge in [0.25, 0.3) is 5.91 Å². The van der Waals surface area contributed by atoms with E-state index in [0.717, 1.165) is 18.4 Å². The second-order valence-corrected chi connectivity index (χ2v) is 4.56. The van der Waals surface area contributed by atoms with Gasteiger partial charge in [0, 0.05) is 5.57 Å². The summed E-state index contributed by atoms with van der Waals surface area (Å²) in [7, 11) is 0. The maximum atomic E-state index is 12.1. The molecule has 1 heterocycles. The Morgan fingerprint density at radius 1 is 1.22 bits per heavy atom. The maximum Gasteiger partial charge on any atom is 0.261 e. The van der Waals surface area contributed by atoms with Crippen LogP contribution in [0.4, 0.5) is 5.69 Å². The number of aryl methyl sites for hydroxylation is 1. The molecule has 0 bridgehead atoms. The van der Waals surface area contributed by atoms with Gasteiger partial charge in [0.1, 0.15) is 0 Å². The van der Waals surface area contributed by atoms with Crippen LogP contribution in [0.5, 0.6) is 0 Å². The maximum absolute atomic E-state index is 12.1. The summed E-state index contributed by atoms with van der Waals surface area (Å²) in [5.74, 6) is -0.302. The zero-order chi connectivity index (χ0) is 13.1. The van der Waals surface area contributed by atoms with Crippen LogP contribution in [-0.2, 0) is 9.59 Å². The molecular formula is C15H17NO2. The zero-order valence-electron chi connectivity index (χ0n) is 10.8. The quantitative estimate of drug-likeness (QED) is 0.604. The largest absolute Gasteiger partial charge is 0.274 e. The van der Waals surface area contributed by atoms with E-state index in [9.17, 15) is 9.59 Å². The summed E-state index contributed by atoms with van der Waals surface area (Å²) in [6, 6.07) is 7.44. The van der Waals surface area contributed by atoms with Gasteiger partial charge in [0.05, 0.1) is 12.1 Å². The first-order valence-corrected chi connectivity index (χ1v) is 6.26. The Labute approximate surface area is 107 Å². The summed E-state index contributed by atoms with van der Waals surface area (Å²) < 4.78 is 0. The number of hydrogen-bond donors (Lipinski definition) is 0. The van der Waals surface area contributed by atoms with E-state index in [2.05, 4.69) is 6.92 Å². The van der Waals surface area contributed by atoms with Gasteiger partial charge >= 0.3 is 0 Å². The van der Waals surface area contributed by atoms with E-state index in [1.807, 2.05) is 37.3 Å². The van der Waals surface area contributed by atoms with Crippen molar-refractivity contribution in [1.82, 2.24) is 0 Å². The van der Waals surface area contributed by atoms with Crippen LogP contribution in [-0.4, -0.2) is 11.8 Å². The molecule has 94 valence electrons. The summed E-state index contributed by atoms with van der Waals surface area (Å²) in [6.07, 6.45) is 3.94. The molecule has 18 heavy (non-hydrogen) atoms. The van der Waals surface area contributed by atoms with Gasteiger partial charge in [0.15, 0.2) is 0 Å². The van der Waals surface area contributed by atoms with Gasteiger partial charge in [0.2, 0.25) is 5.91 Å². The number of unbranched alkanes of at least 4 members (excludes halogenated alkanes) is 1. The zero-order valence-corrected chi connectivity index (χ0v) is 10.8. The van der Waals surface area contributed by atoms with Crippen LogP contribution in [0.15, 0.2) is 35.9 Å². The minimum absolute atomic E-state index is 0.133. The minimum Gasteiger partial charge on any atom is -0.274 e. The number of carbonyl (C=O) groups is 2. The second-order valence-electron chi connectivity index (χ2n) is 4.56. The van der Waals surface area contributed by atoms with Crippen molar-refractivity contribution in [1.29, 1.82) is 0 Å². The van der Waals surface area contributed by atoms with Crippen LogP contribution in [0.25, 0.3) is 0 Å². The predicted molar refractivity (Wildman–Crippen MR) is 71.3 cm³/mol. The highest BCUT2D eigenvalue weighted by atomic mass is 16.2. The minimum atomic E-state index is -0.169. The Bertz CT molecular complexity index is 500. The molecule has 2 rings (SSSR count). The van der Waals surface area contributed by atoms with Gasteiger partial charge in [-0.25, -0.2) is 4.90 Å². The van der Waals surface area contributed by atoms with Crippen molar-refractivity contribution >= 4 is 17.5 Å². The number of hydrogen-bond acceptors (Lipinski definition) is 2. The van der Waals surface area contributed by atoms with Crippen LogP contribution < -0.4 is 4.90 Å². The number of imide groups is 1. The van der Waals surface area contributed by atoms with E-state index in [4.69, 9.17) is 0 Å². The monoisotopic (exact) mass is 243 g/mol. The number of carbonyl (C=O) groups excluding carboxylic acids is 2. The van der Waals surface area contributed by atoms with Crippen LogP contribution in [0, 0.1) is 6.92 Å². The first kappa shape index (κ1) is 12.6. The molecule has 1 aliphatic heterocycles. The normalized spacial score (nSPS) is 17.9. The Hall–Kier alpha value is -1.90. The van der Waals surface area contributed by atoms with E-state index in [1.165, 1.54) is 4.90 Å². The van der Waals surface area contributed by atoms with E-state index in [1.54, 1.807) is 0 Å². The molecule has 0 N–H and O–H groups in total. The number of benzene rings is 1. The van der Waals surface area contributed by atoms with Gasteiger partial charge < -0.3 is 0 Å². The van der Waals surface area contributed by atoms with E-state index in [-0.39, 0.29) is 18.2 Å². The molecular weight excluding hydrogens is 226 g/mol. The molecule has 1 aromatic carbocycles. The van der Waals surface area contributed by atoms with Crippen LogP contribution >= 0.6 is 0 Å². The fourth-order valence-electron chi connectivity index (χ4n) is 2.01. The third kappa shape index (κ3) is 2.35. The third-order valence-electron chi connectivity index (χ3n) is 3.04. The van der Waals surface area contributed by atoms with Gasteiger partial charge in [-0.15, -0.1) is 0 Å². The van der Waals surface area contributed by atoms with E-state index in [0.29, 0.717) is 11.3 Å². The van der Waals surface area contributed by atoms with Gasteiger partial charge in [-0.2, -0.15) is 0 Å². The Kier molecular flexibility index (Phi) is 3.60. The summed E-state index contributed by atoms with van der Waals surface area (Å²) in [6.45, 7) is 4.03. The van der Waals surface area contributed by atoms with Crippen molar-refractivity contribution in [2.45, 2.75) is 33.1 Å². The molecule has 0 aliphatic carbocycles. The third-order valence-corrected chi connectivity index (χ3v) is 3.04. The Balaban J connectivity index is 2.27. The molecule has 1 aromatic rings. The molecule has 1 saturated heterocycles. The lowest BCUT2D eigenvalue weighted by atomic mass is 10.1. The van der Waals surface area contributed by atoms with Crippen molar-refractivity contribution in [3.63, 3.8) is 0 Å². The van der Waals surface area contributed by atoms with Crippen molar-refractivity contribution < 1.29 is 9.59 Å². The van der Waals surface area contributed by atoms with Crippen molar-refractivity contribution in [2.75, 3.05) is 4.90 Å². The lowest BCUT2D eigenvalue weighted by Gasteiger charge is -2.13. The second kappa shape index (κ2) is 5.17. The average molecular weight is 243 g/mol. The molecule has 0 radical (unpaired) electrons. The number of anilines is 1. The van der Waals surface area contributed by atoms with Crippen molar-refractivity contribution in [3.8, 4) is 0 Å². The fraction of sp³-hybridized carbons (Fsp3) is 0.333. The molecule has 0 unspecified atom stereocenters. The first-order valence-electron chi connectivity index (χ1n) is 6.26.